The number of aliphatic carboxylic acids is 1. The van der Waals surface area contributed by atoms with E-state index in [1.807, 2.05) is 4.57 Å². The number of carboxylic acids is 1. The lowest BCUT2D eigenvalue weighted by atomic mass is 10.2. The molecule has 0 amide bonds. The van der Waals surface area contributed by atoms with Gasteiger partial charge in [0, 0.05) is 18.4 Å². The fourth-order valence-corrected chi connectivity index (χ4v) is 1.35. The van der Waals surface area contributed by atoms with Crippen LogP contribution in [-0.4, -0.2) is 20.6 Å². The summed E-state index contributed by atoms with van der Waals surface area (Å²) in [6, 6.07) is 0. The number of nitrogens with zero attached hydrogens (tertiary/aromatic N) is 2. The second-order valence-electron chi connectivity index (χ2n) is 3.82. The Hall–Kier alpha value is -1.32. The Kier molecular flexibility index (Phi) is 3.68. The minimum absolute atomic E-state index is 0.170. The van der Waals surface area contributed by atoms with Crippen LogP contribution in [0.2, 0.25) is 0 Å². The Morgan fingerprint density at radius 2 is 2.36 bits per heavy atom. The monoisotopic (exact) mass is 196 g/mol. The van der Waals surface area contributed by atoms with Gasteiger partial charge >= 0.3 is 5.97 Å². The maximum Gasteiger partial charge on any atom is 0.303 e. The van der Waals surface area contributed by atoms with Crippen molar-refractivity contribution in [2.75, 3.05) is 0 Å². The normalized spacial score (nSPS) is 10.8. The van der Waals surface area contributed by atoms with Crippen molar-refractivity contribution in [2.24, 2.45) is 5.92 Å². The molecule has 0 bridgehead atoms. The van der Waals surface area contributed by atoms with Crippen LogP contribution in [0.4, 0.5) is 0 Å². The SMILES string of the molecule is CC(C)Cn1cncc1CCC(=O)O. The molecule has 0 atom stereocenters. The minimum atomic E-state index is -0.762. The van der Waals surface area contributed by atoms with Gasteiger partial charge in [0.2, 0.25) is 0 Å². The van der Waals surface area contributed by atoms with E-state index in [1.54, 1.807) is 12.5 Å². The quantitative estimate of drug-likeness (QED) is 0.777. The molecule has 0 spiro atoms. The summed E-state index contributed by atoms with van der Waals surface area (Å²) < 4.78 is 2.02. The van der Waals surface area contributed by atoms with E-state index in [0.29, 0.717) is 12.3 Å². The van der Waals surface area contributed by atoms with Gasteiger partial charge in [-0.25, -0.2) is 4.98 Å². The Morgan fingerprint density at radius 1 is 1.64 bits per heavy atom. The maximum atomic E-state index is 10.4. The predicted molar refractivity (Wildman–Crippen MR) is 53.0 cm³/mol. The second-order valence-corrected chi connectivity index (χ2v) is 3.82. The first-order valence-corrected chi connectivity index (χ1v) is 4.80. The maximum absolute atomic E-state index is 10.4. The standard InChI is InChI=1S/C10H16N2O2/c1-8(2)6-12-7-11-5-9(12)3-4-10(13)14/h5,7-8H,3-4,6H2,1-2H3,(H,13,14). The third-order valence-corrected chi connectivity index (χ3v) is 1.96. The summed E-state index contributed by atoms with van der Waals surface area (Å²) in [6.07, 6.45) is 4.23. The largest absolute Gasteiger partial charge is 0.481 e. The van der Waals surface area contributed by atoms with Gasteiger partial charge < -0.3 is 9.67 Å². The Labute approximate surface area is 83.6 Å². The molecule has 0 saturated carbocycles. The predicted octanol–water partition coefficient (Wildman–Crippen LogP) is 1.56. The molecule has 1 rings (SSSR count). The van der Waals surface area contributed by atoms with Crippen LogP contribution in [-0.2, 0) is 17.8 Å². The van der Waals surface area contributed by atoms with Crippen molar-refractivity contribution in [1.29, 1.82) is 0 Å². The van der Waals surface area contributed by atoms with Crippen molar-refractivity contribution in [3.05, 3.63) is 18.2 Å². The molecule has 4 nitrogen and oxygen atoms in total. The zero-order valence-corrected chi connectivity index (χ0v) is 8.60. The van der Waals surface area contributed by atoms with E-state index < -0.39 is 5.97 Å². The molecule has 0 aromatic carbocycles. The summed E-state index contributed by atoms with van der Waals surface area (Å²) in [4.78, 5) is 14.4. The molecule has 0 fully saturated rings. The van der Waals surface area contributed by atoms with Gasteiger partial charge in [-0.05, 0) is 12.3 Å². The summed E-state index contributed by atoms with van der Waals surface area (Å²) in [6.45, 7) is 5.15. The van der Waals surface area contributed by atoms with Crippen molar-refractivity contribution in [1.82, 2.24) is 9.55 Å². The zero-order valence-electron chi connectivity index (χ0n) is 8.60. The van der Waals surface area contributed by atoms with Crippen molar-refractivity contribution >= 4 is 5.97 Å². The van der Waals surface area contributed by atoms with Gasteiger partial charge in [-0.1, -0.05) is 13.8 Å². The average Bonchev–Trinajstić information content (AvgIpc) is 2.47. The van der Waals surface area contributed by atoms with E-state index >= 15 is 0 Å². The van der Waals surface area contributed by atoms with E-state index in [-0.39, 0.29) is 6.42 Å². The molecule has 0 aliphatic rings. The zero-order chi connectivity index (χ0) is 10.6. The van der Waals surface area contributed by atoms with E-state index in [4.69, 9.17) is 5.11 Å². The fourth-order valence-electron chi connectivity index (χ4n) is 1.35. The summed E-state index contributed by atoms with van der Waals surface area (Å²) in [7, 11) is 0. The first-order chi connectivity index (χ1) is 6.59. The molecule has 1 aromatic rings. The summed E-state index contributed by atoms with van der Waals surface area (Å²) >= 11 is 0. The van der Waals surface area contributed by atoms with E-state index in [1.165, 1.54) is 0 Å². The lowest BCUT2D eigenvalue weighted by Gasteiger charge is -2.09. The van der Waals surface area contributed by atoms with Gasteiger partial charge in [0.25, 0.3) is 0 Å². The van der Waals surface area contributed by atoms with E-state index in [0.717, 1.165) is 12.2 Å². The van der Waals surface area contributed by atoms with Gasteiger partial charge in [-0.3, -0.25) is 4.79 Å². The van der Waals surface area contributed by atoms with Crippen LogP contribution in [0.15, 0.2) is 12.5 Å². The number of carbonyl (C=O) groups is 1. The van der Waals surface area contributed by atoms with Crippen molar-refractivity contribution in [3.8, 4) is 0 Å². The molecule has 0 unspecified atom stereocenters. The summed E-state index contributed by atoms with van der Waals surface area (Å²) in [5, 5.41) is 8.56. The van der Waals surface area contributed by atoms with Crippen LogP contribution < -0.4 is 0 Å². The number of hydrogen-bond donors (Lipinski definition) is 1. The Morgan fingerprint density at radius 3 is 2.93 bits per heavy atom. The fraction of sp³-hybridized carbons (Fsp3) is 0.600. The van der Waals surface area contributed by atoms with Gasteiger partial charge in [0.1, 0.15) is 0 Å². The van der Waals surface area contributed by atoms with Gasteiger partial charge in [0.05, 0.1) is 12.7 Å². The molecule has 0 radical (unpaired) electrons. The highest BCUT2D eigenvalue weighted by Crippen LogP contribution is 2.06. The molecule has 0 aliphatic heterocycles. The molecule has 78 valence electrons. The van der Waals surface area contributed by atoms with Crippen molar-refractivity contribution in [2.45, 2.75) is 33.2 Å². The molecular formula is C10H16N2O2. The lowest BCUT2D eigenvalue weighted by Crippen LogP contribution is -2.08. The van der Waals surface area contributed by atoms with Crippen LogP contribution in [0.3, 0.4) is 0 Å². The smallest absolute Gasteiger partial charge is 0.303 e. The van der Waals surface area contributed by atoms with Gasteiger partial charge in [-0.2, -0.15) is 0 Å². The Balaban J connectivity index is 2.58. The number of hydrogen-bond acceptors (Lipinski definition) is 2. The molecule has 4 heteroatoms. The van der Waals surface area contributed by atoms with Crippen LogP contribution in [0.5, 0.6) is 0 Å². The van der Waals surface area contributed by atoms with Gasteiger partial charge in [0.15, 0.2) is 0 Å². The van der Waals surface area contributed by atoms with Crippen LogP contribution in [0, 0.1) is 5.92 Å². The summed E-state index contributed by atoms with van der Waals surface area (Å²) in [5.74, 6) is -0.213. The first kappa shape index (κ1) is 10.8. The van der Waals surface area contributed by atoms with Crippen molar-refractivity contribution < 1.29 is 9.90 Å². The first-order valence-electron chi connectivity index (χ1n) is 4.80. The number of aromatic nitrogens is 2. The summed E-state index contributed by atoms with van der Waals surface area (Å²) in [5.41, 5.74) is 1.00. The van der Waals surface area contributed by atoms with Crippen LogP contribution in [0.1, 0.15) is 26.0 Å². The highest BCUT2D eigenvalue weighted by molar-refractivity contribution is 5.66. The third kappa shape index (κ3) is 3.20. The highest BCUT2D eigenvalue weighted by atomic mass is 16.4. The second kappa shape index (κ2) is 4.79. The Bertz CT molecular complexity index is 305. The molecule has 1 aromatic heterocycles. The molecule has 0 saturated heterocycles. The van der Waals surface area contributed by atoms with Crippen molar-refractivity contribution in [3.63, 3.8) is 0 Å². The van der Waals surface area contributed by atoms with Crippen LogP contribution in [0.25, 0.3) is 0 Å². The molecule has 0 aliphatic carbocycles. The van der Waals surface area contributed by atoms with E-state index in [9.17, 15) is 4.79 Å². The molecule has 14 heavy (non-hydrogen) atoms. The number of rotatable bonds is 5. The third-order valence-electron chi connectivity index (χ3n) is 1.96. The van der Waals surface area contributed by atoms with Crippen LogP contribution >= 0.6 is 0 Å². The molecule has 1 N–H and O–H groups in total. The lowest BCUT2D eigenvalue weighted by molar-refractivity contribution is -0.136. The highest BCUT2D eigenvalue weighted by Gasteiger charge is 2.05. The van der Waals surface area contributed by atoms with E-state index in [2.05, 4.69) is 18.8 Å². The minimum Gasteiger partial charge on any atom is -0.481 e. The average molecular weight is 196 g/mol. The number of imidazole rings is 1. The molecular weight excluding hydrogens is 180 g/mol. The molecule has 1 heterocycles. The number of carboxylic acid groups (broad SMARTS) is 1. The van der Waals surface area contributed by atoms with Gasteiger partial charge in [-0.15, -0.1) is 0 Å². The number of aryl methyl sites for hydroxylation is 1. The topological polar surface area (TPSA) is 55.1 Å².